The molecule has 0 aliphatic heterocycles. The molecule has 0 unspecified atom stereocenters. The standard InChI is InChI=1S/C7H2Cl2N4.C7H4N4O2/c8-5-1-6(9)13-7(12-5)4(2-10)3-11-13;8-2-4-3-9-11-6(13)1-5(12)10-7(4)11/h1,3H;1,3,13H,(H,10,12). The molecular weight excluding hydrogens is 383 g/mol. The van der Waals surface area contributed by atoms with Gasteiger partial charge in [-0.05, 0) is 0 Å². The van der Waals surface area contributed by atoms with E-state index in [1.165, 1.54) is 23.0 Å². The van der Waals surface area contributed by atoms with Crippen LogP contribution in [0.4, 0.5) is 0 Å². The van der Waals surface area contributed by atoms with Crippen LogP contribution in [0.1, 0.15) is 11.1 Å². The number of rotatable bonds is 0. The summed E-state index contributed by atoms with van der Waals surface area (Å²) in [5.74, 6) is -0.291. The second kappa shape index (κ2) is 6.72. The number of hydrogen-bond acceptors (Lipinski definition) is 7. The molecule has 4 aromatic heterocycles. The third kappa shape index (κ3) is 3.02. The van der Waals surface area contributed by atoms with Gasteiger partial charge in [0.2, 0.25) is 5.88 Å². The van der Waals surface area contributed by atoms with Gasteiger partial charge >= 0.3 is 0 Å². The van der Waals surface area contributed by atoms with Crippen molar-refractivity contribution in [3.8, 4) is 18.0 Å². The summed E-state index contributed by atoms with van der Waals surface area (Å²) in [6, 6.07) is 6.23. The molecule has 0 atom stereocenters. The molecule has 0 aliphatic rings. The smallest absolute Gasteiger partial charge is 0.254 e. The first kappa shape index (κ1) is 17.2. The summed E-state index contributed by atoms with van der Waals surface area (Å²) in [6.07, 6.45) is 2.66. The molecule has 0 amide bonds. The van der Waals surface area contributed by atoms with Crippen LogP contribution >= 0.6 is 23.2 Å². The Kier molecular flexibility index (Phi) is 4.45. The van der Waals surface area contributed by atoms with E-state index in [4.69, 9.17) is 33.7 Å². The Hall–Kier alpha value is -3.60. The molecule has 4 rings (SSSR count). The van der Waals surface area contributed by atoms with E-state index >= 15 is 0 Å². The summed E-state index contributed by atoms with van der Waals surface area (Å²) in [7, 11) is 0. The maximum absolute atomic E-state index is 10.9. The lowest BCUT2D eigenvalue weighted by molar-refractivity contribution is 0.434. The molecule has 10 nitrogen and oxygen atoms in total. The number of fused-ring (bicyclic) bond motifs is 2. The van der Waals surface area contributed by atoms with Crippen molar-refractivity contribution >= 4 is 34.5 Å². The van der Waals surface area contributed by atoms with Crippen LogP contribution in [0, 0.1) is 22.7 Å². The van der Waals surface area contributed by atoms with Gasteiger partial charge in [-0.1, -0.05) is 23.2 Å². The molecule has 0 aliphatic carbocycles. The number of halogens is 2. The third-order valence-electron chi connectivity index (χ3n) is 3.13. The largest absolute Gasteiger partial charge is 0.493 e. The van der Waals surface area contributed by atoms with Crippen molar-refractivity contribution in [3.05, 3.63) is 56.3 Å². The first-order valence-electron chi connectivity index (χ1n) is 6.74. The molecule has 0 aromatic carbocycles. The Balaban J connectivity index is 0.000000151. The zero-order chi connectivity index (χ0) is 18.8. The minimum atomic E-state index is -0.470. The van der Waals surface area contributed by atoms with E-state index in [9.17, 15) is 9.90 Å². The van der Waals surface area contributed by atoms with Crippen molar-refractivity contribution in [1.82, 2.24) is 29.2 Å². The second-order valence-electron chi connectivity index (χ2n) is 4.73. The monoisotopic (exact) mass is 388 g/mol. The summed E-state index contributed by atoms with van der Waals surface area (Å²) >= 11 is 11.5. The van der Waals surface area contributed by atoms with Crippen molar-refractivity contribution in [3.63, 3.8) is 0 Å². The van der Waals surface area contributed by atoms with E-state index < -0.39 is 5.56 Å². The van der Waals surface area contributed by atoms with Crippen LogP contribution in [0.5, 0.6) is 5.88 Å². The third-order valence-corrected chi connectivity index (χ3v) is 3.59. The molecule has 0 saturated carbocycles. The molecule has 128 valence electrons. The minimum Gasteiger partial charge on any atom is -0.493 e. The summed E-state index contributed by atoms with van der Waals surface area (Å²) in [5.41, 5.74) is 0.673. The average molecular weight is 389 g/mol. The minimum absolute atomic E-state index is 0.201. The Morgan fingerprint density at radius 2 is 1.73 bits per heavy atom. The van der Waals surface area contributed by atoms with Crippen LogP contribution in [0.15, 0.2) is 29.3 Å². The number of nitrogens with zero attached hydrogens (tertiary/aromatic N) is 7. The van der Waals surface area contributed by atoms with E-state index in [-0.39, 0.29) is 22.2 Å². The lowest BCUT2D eigenvalue weighted by atomic mass is 10.4. The predicted octanol–water partition coefficient (Wildman–Crippen LogP) is 1.51. The summed E-state index contributed by atoms with van der Waals surface area (Å²) in [6.45, 7) is 0. The van der Waals surface area contributed by atoms with Gasteiger partial charge in [-0.25, -0.2) is 9.50 Å². The van der Waals surface area contributed by atoms with Crippen molar-refractivity contribution in [2.45, 2.75) is 0 Å². The predicted molar refractivity (Wildman–Crippen MR) is 89.9 cm³/mol. The van der Waals surface area contributed by atoms with Gasteiger partial charge in [-0.15, -0.1) is 0 Å². The normalized spacial score (nSPS) is 10.2. The summed E-state index contributed by atoms with van der Waals surface area (Å²) in [5, 5.41) is 34.7. The lowest BCUT2D eigenvalue weighted by Gasteiger charge is -1.96. The van der Waals surface area contributed by atoms with E-state index in [0.29, 0.717) is 16.4 Å². The van der Waals surface area contributed by atoms with E-state index in [1.54, 1.807) is 0 Å². The van der Waals surface area contributed by atoms with Crippen LogP contribution in [-0.2, 0) is 0 Å². The maximum Gasteiger partial charge on any atom is 0.254 e. The van der Waals surface area contributed by atoms with Gasteiger partial charge in [0, 0.05) is 6.07 Å². The van der Waals surface area contributed by atoms with E-state index in [1.807, 2.05) is 12.1 Å². The van der Waals surface area contributed by atoms with Crippen molar-refractivity contribution in [2.24, 2.45) is 0 Å². The summed E-state index contributed by atoms with van der Waals surface area (Å²) < 4.78 is 2.44. The molecule has 4 heterocycles. The van der Waals surface area contributed by atoms with Gasteiger partial charge in [0.15, 0.2) is 11.3 Å². The van der Waals surface area contributed by atoms with E-state index in [0.717, 1.165) is 10.6 Å². The number of aromatic hydroxyl groups is 1. The fourth-order valence-corrected chi connectivity index (χ4v) is 2.50. The van der Waals surface area contributed by atoms with Gasteiger partial charge in [-0.3, -0.25) is 4.79 Å². The Morgan fingerprint density at radius 1 is 1.08 bits per heavy atom. The zero-order valence-corrected chi connectivity index (χ0v) is 14.1. The van der Waals surface area contributed by atoms with Crippen molar-refractivity contribution in [1.29, 1.82) is 10.5 Å². The quantitative estimate of drug-likeness (QED) is 0.433. The highest BCUT2D eigenvalue weighted by atomic mass is 35.5. The Labute approximate surface area is 154 Å². The molecule has 4 aromatic rings. The highest BCUT2D eigenvalue weighted by Gasteiger charge is 2.08. The van der Waals surface area contributed by atoms with Gasteiger partial charge in [0.25, 0.3) is 5.56 Å². The number of hydrogen-bond donors (Lipinski definition) is 2. The van der Waals surface area contributed by atoms with Crippen molar-refractivity contribution in [2.75, 3.05) is 0 Å². The van der Waals surface area contributed by atoms with Gasteiger partial charge in [0.05, 0.1) is 18.5 Å². The van der Waals surface area contributed by atoms with Crippen LogP contribution in [-0.4, -0.2) is 34.3 Å². The maximum atomic E-state index is 10.9. The fourth-order valence-electron chi connectivity index (χ4n) is 2.03. The first-order chi connectivity index (χ1) is 12.4. The topological polar surface area (TPSA) is 148 Å². The highest BCUT2D eigenvalue weighted by Crippen LogP contribution is 2.18. The Bertz CT molecular complexity index is 1270. The number of nitriles is 2. The second-order valence-corrected chi connectivity index (χ2v) is 5.50. The molecule has 26 heavy (non-hydrogen) atoms. The molecule has 2 N–H and O–H groups in total. The van der Waals surface area contributed by atoms with Crippen LogP contribution < -0.4 is 5.56 Å². The molecule has 12 heteroatoms. The number of aromatic amines is 1. The van der Waals surface area contributed by atoms with Crippen LogP contribution in [0.25, 0.3) is 11.3 Å². The van der Waals surface area contributed by atoms with Gasteiger partial charge in [0.1, 0.15) is 33.6 Å². The van der Waals surface area contributed by atoms with Crippen LogP contribution in [0.3, 0.4) is 0 Å². The molecule has 0 radical (unpaired) electrons. The highest BCUT2D eigenvalue weighted by molar-refractivity contribution is 6.33. The number of nitrogens with one attached hydrogen (secondary N) is 1. The zero-order valence-electron chi connectivity index (χ0n) is 12.6. The fraction of sp³-hybridized carbons (Fsp3) is 0. The summed E-state index contributed by atoms with van der Waals surface area (Å²) in [4.78, 5) is 17.2. The van der Waals surface area contributed by atoms with E-state index in [2.05, 4.69) is 20.2 Å². The van der Waals surface area contributed by atoms with Crippen LogP contribution in [0.2, 0.25) is 10.3 Å². The Morgan fingerprint density at radius 3 is 2.42 bits per heavy atom. The van der Waals surface area contributed by atoms with Gasteiger partial charge in [-0.2, -0.15) is 25.2 Å². The van der Waals surface area contributed by atoms with Gasteiger partial charge < -0.3 is 10.1 Å². The van der Waals surface area contributed by atoms with Crippen molar-refractivity contribution < 1.29 is 5.11 Å². The SMILES string of the molecule is N#Cc1cnn2c(Cl)cc(Cl)nc12.N#Cc1cnn2c(O)cc(=O)[nH]c12. The molecule has 0 fully saturated rings. The molecular formula is C14H6Cl2N8O2. The molecule has 0 spiro atoms. The molecule has 0 bridgehead atoms. The lowest BCUT2D eigenvalue weighted by Crippen LogP contribution is -2.07. The first-order valence-corrected chi connectivity index (χ1v) is 7.50. The average Bonchev–Trinajstić information content (AvgIpc) is 3.19. The number of aromatic nitrogens is 6. The number of H-pyrrole nitrogens is 1. The molecule has 0 saturated heterocycles.